The Bertz CT molecular complexity index is 574. The zero-order valence-electron chi connectivity index (χ0n) is 12.8. The lowest BCUT2D eigenvalue weighted by molar-refractivity contribution is 0.276. The van der Waals surface area contributed by atoms with Crippen LogP contribution in [0.1, 0.15) is 31.9 Å². The molecule has 1 aromatic heterocycles. The number of nitrogens with one attached hydrogen (secondary N) is 1. The molecule has 2 rings (SSSR count). The van der Waals surface area contributed by atoms with Crippen molar-refractivity contribution in [3.8, 4) is 11.6 Å². The van der Waals surface area contributed by atoms with Crippen LogP contribution in [0.4, 0.5) is 0 Å². The maximum atomic E-state index is 9.28. The highest BCUT2D eigenvalue weighted by Crippen LogP contribution is 2.23. The molecule has 0 atom stereocenters. The molecule has 21 heavy (non-hydrogen) atoms. The first-order valence-corrected chi connectivity index (χ1v) is 7.04. The lowest BCUT2D eigenvalue weighted by atomic mass is 10.1. The molecule has 4 heteroatoms. The number of pyridine rings is 1. The summed E-state index contributed by atoms with van der Waals surface area (Å²) in [6.45, 7) is 7.10. The highest BCUT2D eigenvalue weighted by molar-refractivity contribution is 5.35. The van der Waals surface area contributed by atoms with E-state index in [0.29, 0.717) is 11.6 Å². The molecule has 0 aliphatic carbocycles. The number of hydrogen-bond acceptors (Lipinski definition) is 4. The molecule has 2 aromatic rings. The van der Waals surface area contributed by atoms with Gasteiger partial charge in [0.05, 0.1) is 6.61 Å². The van der Waals surface area contributed by atoms with Gasteiger partial charge in [-0.1, -0.05) is 24.3 Å². The average Bonchev–Trinajstić information content (AvgIpc) is 2.46. The summed E-state index contributed by atoms with van der Waals surface area (Å²) >= 11 is 0. The van der Waals surface area contributed by atoms with Crippen molar-refractivity contribution in [3.05, 3.63) is 53.7 Å². The summed E-state index contributed by atoms with van der Waals surface area (Å²) in [4.78, 5) is 4.31. The van der Waals surface area contributed by atoms with E-state index in [2.05, 4.69) is 31.1 Å². The Kier molecular flexibility index (Phi) is 4.94. The van der Waals surface area contributed by atoms with Crippen LogP contribution in [0.5, 0.6) is 11.6 Å². The van der Waals surface area contributed by atoms with Gasteiger partial charge in [0.15, 0.2) is 0 Å². The van der Waals surface area contributed by atoms with Crippen molar-refractivity contribution in [3.63, 3.8) is 0 Å². The van der Waals surface area contributed by atoms with E-state index in [0.717, 1.165) is 17.7 Å². The quantitative estimate of drug-likeness (QED) is 0.886. The van der Waals surface area contributed by atoms with Crippen LogP contribution in [0.3, 0.4) is 0 Å². The number of rotatable bonds is 5. The van der Waals surface area contributed by atoms with Crippen molar-refractivity contribution in [2.75, 3.05) is 0 Å². The number of aliphatic hydroxyl groups is 1. The van der Waals surface area contributed by atoms with Gasteiger partial charge in [-0.15, -0.1) is 0 Å². The van der Waals surface area contributed by atoms with Gasteiger partial charge in [0.2, 0.25) is 5.88 Å². The lowest BCUT2D eigenvalue weighted by Gasteiger charge is -2.20. The molecular formula is C17H22N2O2. The third kappa shape index (κ3) is 4.85. The number of benzene rings is 1. The molecule has 2 N–H and O–H groups in total. The Hall–Kier alpha value is -1.91. The zero-order valence-corrected chi connectivity index (χ0v) is 12.8. The molecule has 0 fully saturated rings. The monoisotopic (exact) mass is 286 g/mol. The first kappa shape index (κ1) is 15.5. The van der Waals surface area contributed by atoms with Crippen LogP contribution in [-0.4, -0.2) is 15.6 Å². The fraction of sp³-hybridized carbons (Fsp3) is 0.353. The second-order valence-corrected chi connectivity index (χ2v) is 5.98. The van der Waals surface area contributed by atoms with E-state index in [1.807, 2.05) is 36.4 Å². The van der Waals surface area contributed by atoms with Gasteiger partial charge in [0.25, 0.3) is 0 Å². The van der Waals surface area contributed by atoms with Gasteiger partial charge in [0, 0.05) is 29.9 Å². The van der Waals surface area contributed by atoms with Crippen molar-refractivity contribution in [2.24, 2.45) is 0 Å². The molecule has 0 unspecified atom stereocenters. The van der Waals surface area contributed by atoms with Gasteiger partial charge < -0.3 is 15.2 Å². The number of ether oxygens (including phenoxy) is 1. The topological polar surface area (TPSA) is 54.4 Å². The first-order chi connectivity index (χ1) is 9.98. The fourth-order valence-corrected chi connectivity index (χ4v) is 1.79. The third-order valence-electron chi connectivity index (χ3n) is 2.98. The van der Waals surface area contributed by atoms with Crippen LogP contribution < -0.4 is 10.1 Å². The Morgan fingerprint density at radius 1 is 1.14 bits per heavy atom. The second-order valence-electron chi connectivity index (χ2n) is 5.98. The molecule has 0 spiro atoms. The summed E-state index contributed by atoms with van der Waals surface area (Å²) in [6.07, 6.45) is 1.80. The number of aliphatic hydroxyl groups excluding tert-OH is 1. The predicted molar refractivity (Wildman–Crippen MR) is 83.3 cm³/mol. The highest BCUT2D eigenvalue weighted by atomic mass is 16.5. The van der Waals surface area contributed by atoms with E-state index >= 15 is 0 Å². The summed E-state index contributed by atoms with van der Waals surface area (Å²) in [7, 11) is 0. The summed E-state index contributed by atoms with van der Waals surface area (Å²) < 4.78 is 5.71. The summed E-state index contributed by atoms with van der Waals surface area (Å²) in [5.41, 5.74) is 1.93. The Labute approximate surface area is 125 Å². The van der Waals surface area contributed by atoms with Gasteiger partial charge in [-0.3, -0.25) is 0 Å². The SMILES string of the molecule is CC(C)(C)NCc1ccc(Oc2ccccc2CO)nc1. The molecule has 0 bridgehead atoms. The van der Waals surface area contributed by atoms with Gasteiger partial charge in [-0.2, -0.15) is 0 Å². The van der Waals surface area contributed by atoms with Crippen LogP contribution in [0.2, 0.25) is 0 Å². The van der Waals surface area contributed by atoms with E-state index in [1.54, 1.807) is 6.20 Å². The minimum atomic E-state index is -0.0518. The Morgan fingerprint density at radius 2 is 1.90 bits per heavy atom. The lowest BCUT2D eigenvalue weighted by Crippen LogP contribution is -2.35. The zero-order chi connectivity index (χ0) is 15.3. The largest absolute Gasteiger partial charge is 0.439 e. The van der Waals surface area contributed by atoms with E-state index in [9.17, 15) is 5.11 Å². The van der Waals surface area contributed by atoms with Crippen LogP contribution in [-0.2, 0) is 13.2 Å². The molecule has 1 aromatic carbocycles. The maximum absolute atomic E-state index is 9.28. The molecular weight excluding hydrogens is 264 g/mol. The third-order valence-corrected chi connectivity index (χ3v) is 2.98. The van der Waals surface area contributed by atoms with Crippen molar-refractivity contribution in [2.45, 2.75) is 39.5 Å². The summed E-state index contributed by atoms with van der Waals surface area (Å²) in [5, 5.41) is 12.7. The van der Waals surface area contributed by atoms with E-state index in [4.69, 9.17) is 4.74 Å². The molecule has 0 radical (unpaired) electrons. The van der Waals surface area contributed by atoms with Crippen LogP contribution in [0, 0.1) is 0 Å². The van der Waals surface area contributed by atoms with Crippen LogP contribution in [0.25, 0.3) is 0 Å². The van der Waals surface area contributed by atoms with Crippen molar-refractivity contribution in [1.29, 1.82) is 0 Å². The maximum Gasteiger partial charge on any atom is 0.219 e. The van der Waals surface area contributed by atoms with Gasteiger partial charge >= 0.3 is 0 Å². The summed E-state index contributed by atoms with van der Waals surface area (Å²) in [5.74, 6) is 1.16. The minimum absolute atomic E-state index is 0.0518. The minimum Gasteiger partial charge on any atom is -0.439 e. The van der Waals surface area contributed by atoms with E-state index in [1.165, 1.54) is 0 Å². The number of aromatic nitrogens is 1. The van der Waals surface area contributed by atoms with Gasteiger partial charge in [0.1, 0.15) is 5.75 Å². The molecule has 1 heterocycles. The molecule has 0 saturated carbocycles. The second kappa shape index (κ2) is 6.70. The van der Waals surface area contributed by atoms with E-state index in [-0.39, 0.29) is 12.1 Å². The summed E-state index contributed by atoms with van der Waals surface area (Å²) in [6, 6.07) is 11.2. The number of para-hydroxylation sites is 1. The van der Waals surface area contributed by atoms with Crippen LogP contribution in [0.15, 0.2) is 42.6 Å². The molecule has 112 valence electrons. The molecule has 0 amide bonds. The molecule has 0 saturated heterocycles. The standard InChI is InChI=1S/C17H22N2O2/c1-17(2,3)19-11-13-8-9-16(18-10-13)21-15-7-5-4-6-14(15)12-20/h4-10,19-20H,11-12H2,1-3H3. The number of nitrogens with zero attached hydrogens (tertiary/aromatic N) is 1. The first-order valence-electron chi connectivity index (χ1n) is 7.04. The average molecular weight is 286 g/mol. The highest BCUT2D eigenvalue weighted by Gasteiger charge is 2.09. The fourth-order valence-electron chi connectivity index (χ4n) is 1.79. The number of hydrogen-bond donors (Lipinski definition) is 2. The van der Waals surface area contributed by atoms with Crippen molar-refractivity contribution < 1.29 is 9.84 Å². The van der Waals surface area contributed by atoms with Crippen molar-refractivity contribution in [1.82, 2.24) is 10.3 Å². The Balaban J connectivity index is 2.02. The van der Waals surface area contributed by atoms with Gasteiger partial charge in [-0.05, 0) is 32.4 Å². The smallest absolute Gasteiger partial charge is 0.219 e. The van der Waals surface area contributed by atoms with Crippen LogP contribution >= 0.6 is 0 Å². The predicted octanol–water partition coefficient (Wildman–Crippen LogP) is 3.25. The molecule has 0 aliphatic rings. The Morgan fingerprint density at radius 3 is 2.52 bits per heavy atom. The molecule has 4 nitrogen and oxygen atoms in total. The molecule has 0 aliphatic heterocycles. The van der Waals surface area contributed by atoms with Crippen molar-refractivity contribution >= 4 is 0 Å². The normalized spacial score (nSPS) is 11.4. The van der Waals surface area contributed by atoms with Gasteiger partial charge in [-0.25, -0.2) is 4.98 Å². The van der Waals surface area contributed by atoms with E-state index < -0.39 is 0 Å².